The maximum Gasteiger partial charge on any atom is 0.145 e. The monoisotopic (exact) mass is 287 g/mol. The number of halogens is 2. The quantitative estimate of drug-likeness (QED) is 0.785. The summed E-state index contributed by atoms with van der Waals surface area (Å²) in [7, 11) is 1.71. The Kier molecular flexibility index (Phi) is 7.36. The van der Waals surface area contributed by atoms with Gasteiger partial charge in [0.15, 0.2) is 0 Å². The molecule has 2 atom stereocenters. The molecule has 19 heavy (non-hydrogen) atoms. The summed E-state index contributed by atoms with van der Waals surface area (Å²) in [5, 5.41) is 3.56. The number of hydrogen-bond donors (Lipinski definition) is 1. The molecule has 0 amide bonds. The Morgan fingerprint density at radius 3 is 2.68 bits per heavy atom. The van der Waals surface area contributed by atoms with Gasteiger partial charge in [-0.3, -0.25) is 0 Å². The molecule has 4 heteroatoms. The van der Waals surface area contributed by atoms with Gasteiger partial charge in [-0.1, -0.05) is 44.0 Å². The predicted molar refractivity (Wildman–Crippen MR) is 78.3 cm³/mol. The zero-order valence-corrected chi connectivity index (χ0v) is 12.6. The van der Waals surface area contributed by atoms with Crippen molar-refractivity contribution in [2.75, 3.05) is 13.7 Å². The predicted octanol–water partition coefficient (Wildman–Crippen LogP) is 3.81. The van der Waals surface area contributed by atoms with Crippen molar-refractivity contribution in [3.05, 3.63) is 34.6 Å². The maximum absolute atomic E-state index is 14.0. The molecule has 2 unspecified atom stereocenters. The van der Waals surface area contributed by atoms with Gasteiger partial charge in [-0.25, -0.2) is 4.39 Å². The van der Waals surface area contributed by atoms with E-state index in [0.29, 0.717) is 12.0 Å². The zero-order valence-electron chi connectivity index (χ0n) is 11.9. The molecule has 0 aliphatic carbocycles. The van der Waals surface area contributed by atoms with Crippen molar-refractivity contribution in [2.24, 2.45) is 0 Å². The smallest absolute Gasteiger partial charge is 0.145 e. The molecule has 0 aliphatic heterocycles. The molecule has 0 saturated carbocycles. The molecular formula is C15H23ClFNO. The van der Waals surface area contributed by atoms with Gasteiger partial charge in [0.2, 0.25) is 0 Å². The van der Waals surface area contributed by atoms with Crippen LogP contribution in [0.4, 0.5) is 4.39 Å². The Hall–Kier alpha value is -0.640. The minimum absolute atomic E-state index is 0.0864. The second kappa shape index (κ2) is 8.51. The van der Waals surface area contributed by atoms with E-state index in [1.807, 2.05) is 6.92 Å². The van der Waals surface area contributed by atoms with Crippen LogP contribution in [0.2, 0.25) is 5.02 Å². The van der Waals surface area contributed by atoms with Gasteiger partial charge >= 0.3 is 0 Å². The zero-order chi connectivity index (χ0) is 14.3. The van der Waals surface area contributed by atoms with Gasteiger partial charge < -0.3 is 10.1 Å². The lowest BCUT2D eigenvalue weighted by atomic mass is 9.98. The van der Waals surface area contributed by atoms with Crippen LogP contribution in [0.25, 0.3) is 0 Å². The minimum Gasteiger partial charge on any atom is -0.380 e. The first kappa shape index (κ1) is 16.4. The van der Waals surface area contributed by atoms with E-state index in [1.54, 1.807) is 25.3 Å². The van der Waals surface area contributed by atoms with Crippen molar-refractivity contribution in [3.8, 4) is 0 Å². The molecule has 0 spiro atoms. The molecule has 0 aliphatic rings. The van der Waals surface area contributed by atoms with Gasteiger partial charge in [-0.2, -0.15) is 0 Å². The standard InChI is InChI=1S/C15H23ClFNO/c1-4-7-14(19-3)13(18-5-2)10-11-8-6-9-12(16)15(11)17/h6,8-9,13-14,18H,4-5,7,10H2,1-3H3. The van der Waals surface area contributed by atoms with Crippen LogP contribution in [-0.4, -0.2) is 25.8 Å². The first-order valence-corrected chi connectivity index (χ1v) is 7.20. The van der Waals surface area contributed by atoms with Crippen molar-refractivity contribution in [3.63, 3.8) is 0 Å². The molecule has 0 aromatic heterocycles. The molecular weight excluding hydrogens is 265 g/mol. The van der Waals surface area contributed by atoms with Gasteiger partial charge in [0, 0.05) is 13.2 Å². The van der Waals surface area contributed by atoms with E-state index in [0.717, 1.165) is 19.4 Å². The lowest BCUT2D eigenvalue weighted by Crippen LogP contribution is -2.42. The van der Waals surface area contributed by atoms with Crippen LogP contribution in [0.15, 0.2) is 18.2 Å². The Bertz CT molecular complexity index is 386. The summed E-state index contributed by atoms with van der Waals surface area (Å²) < 4.78 is 19.5. The molecule has 0 bridgehead atoms. The third kappa shape index (κ3) is 4.75. The summed E-state index contributed by atoms with van der Waals surface area (Å²) in [6.07, 6.45) is 2.66. The van der Waals surface area contributed by atoms with Gasteiger partial charge in [0.05, 0.1) is 11.1 Å². The highest BCUT2D eigenvalue weighted by atomic mass is 35.5. The number of benzene rings is 1. The number of likely N-dealkylation sites (N-methyl/N-ethyl adjacent to an activating group) is 1. The molecule has 108 valence electrons. The molecule has 1 aromatic carbocycles. The van der Waals surface area contributed by atoms with Crippen molar-refractivity contribution >= 4 is 11.6 Å². The summed E-state index contributed by atoms with van der Waals surface area (Å²) in [6, 6.07) is 5.24. The lowest BCUT2D eigenvalue weighted by molar-refractivity contribution is 0.0611. The number of nitrogens with one attached hydrogen (secondary N) is 1. The van der Waals surface area contributed by atoms with Crippen molar-refractivity contribution in [2.45, 2.75) is 45.3 Å². The molecule has 1 rings (SSSR count). The Morgan fingerprint density at radius 2 is 2.11 bits per heavy atom. The van der Waals surface area contributed by atoms with E-state index in [1.165, 1.54) is 0 Å². The maximum atomic E-state index is 14.0. The highest BCUT2D eigenvalue weighted by molar-refractivity contribution is 6.30. The second-order valence-corrected chi connectivity index (χ2v) is 5.05. The van der Waals surface area contributed by atoms with Crippen LogP contribution in [0.3, 0.4) is 0 Å². The molecule has 0 fully saturated rings. The summed E-state index contributed by atoms with van der Waals surface area (Å²) >= 11 is 5.82. The van der Waals surface area contributed by atoms with Gasteiger partial charge in [0.25, 0.3) is 0 Å². The van der Waals surface area contributed by atoms with Crippen LogP contribution < -0.4 is 5.32 Å². The number of methoxy groups -OCH3 is 1. The fraction of sp³-hybridized carbons (Fsp3) is 0.600. The fourth-order valence-corrected chi connectivity index (χ4v) is 2.50. The van der Waals surface area contributed by atoms with Crippen LogP contribution in [0, 0.1) is 5.82 Å². The number of rotatable bonds is 8. The number of ether oxygens (including phenoxy) is 1. The topological polar surface area (TPSA) is 21.3 Å². The molecule has 1 aromatic rings. The van der Waals surface area contributed by atoms with E-state index < -0.39 is 0 Å². The molecule has 0 heterocycles. The van der Waals surface area contributed by atoms with E-state index in [2.05, 4.69) is 12.2 Å². The molecule has 0 radical (unpaired) electrons. The summed E-state index contributed by atoms with van der Waals surface area (Å²) in [6.45, 7) is 4.99. The summed E-state index contributed by atoms with van der Waals surface area (Å²) in [5.41, 5.74) is 0.636. The minimum atomic E-state index is -0.321. The molecule has 1 N–H and O–H groups in total. The third-order valence-electron chi connectivity index (χ3n) is 3.26. The van der Waals surface area contributed by atoms with Crippen molar-refractivity contribution in [1.82, 2.24) is 5.32 Å². The normalized spacial score (nSPS) is 14.4. The SMILES string of the molecule is CCCC(OC)C(Cc1cccc(Cl)c1F)NCC. The van der Waals surface area contributed by atoms with E-state index in [4.69, 9.17) is 16.3 Å². The lowest BCUT2D eigenvalue weighted by Gasteiger charge is -2.27. The van der Waals surface area contributed by atoms with Crippen LogP contribution in [0.1, 0.15) is 32.3 Å². The average Bonchev–Trinajstić information content (AvgIpc) is 2.40. The Labute approximate surface area is 120 Å². The molecule has 0 saturated heterocycles. The third-order valence-corrected chi connectivity index (χ3v) is 3.55. The Balaban J connectivity index is 2.85. The van der Waals surface area contributed by atoms with E-state index in [9.17, 15) is 4.39 Å². The van der Waals surface area contributed by atoms with Crippen LogP contribution in [-0.2, 0) is 11.2 Å². The van der Waals surface area contributed by atoms with Gasteiger partial charge in [-0.05, 0) is 31.0 Å². The second-order valence-electron chi connectivity index (χ2n) is 4.64. The highest BCUT2D eigenvalue weighted by Gasteiger charge is 2.21. The van der Waals surface area contributed by atoms with Gasteiger partial charge in [0.1, 0.15) is 5.82 Å². The van der Waals surface area contributed by atoms with Crippen molar-refractivity contribution in [1.29, 1.82) is 0 Å². The largest absolute Gasteiger partial charge is 0.380 e. The molecule has 2 nitrogen and oxygen atoms in total. The first-order chi connectivity index (χ1) is 9.13. The van der Waals surface area contributed by atoms with Crippen molar-refractivity contribution < 1.29 is 9.13 Å². The first-order valence-electron chi connectivity index (χ1n) is 6.83. The van der Waals surface area contributed by atoms with Crippen LogP contribution in [0.5, 0.6) is 0 Å². The summed E-state index contributed by atoms with van der Waals surface area (Å²) in [5.74, 6) is -0.321. The number of hydrogen-bond acceptors (Lipinski definition) is 2. The highest BCUT2D eigenvalue weighted by Crippen LogP contribution is 2.21. The van der Waals surface area contributed by atoms with Crippen LogP contribution >= 0.6 is 11.6 Å². The summed E-state index contributed by atoms with van der Waals surface area (Å²) in [4.78, 5) is 0. The van der Waals surface area contributed by atoms with Gasteiger partial charge in [-0.15, -0.1) is 0 Å². The van der Waals surface area contributed by atoms with E-state index in [-0.39, 0.29) is 23.0 Å². The van der Waals surface area contributed by atoms with E-state index >= 15 is 0 Å². The fourth-order valence-electron chi connectivity index (χ4n) is 2.31. The average molecular weight is 288 g/mol. The Morgan fingerprint density at radius 1 is 1.37 bits per heavy atom.